The fourth-order valence-electron chi connectivity index (χ4n) is 2.70. The Bertz CT molecular complexity index is 1040. The summed E-state index contributed by atoms with van der Waals surface area (Å²) >= 11 is 0. The maximum absolute atomic E-state index is 11.8. The van der Waals surface area contributed by atoms with Gasteiger partial charge >= 0.3 is 18.1 Å². The summed E-state index contributed by atoms with van der Waals surface area (Å²) in [5.41, 5.74) is 1.97. The maximum atomic E-state index is 11.8. The predicted molar refractivity (Wildman–Crippen MR) is 118 cm³/mol. The van der Waals surface area contributed by atoms with E-state index in [9.17, 15) is 31.5 Å². The summed E-state index contributed by atoms with van der Waals surface area (Å²) in [6, 6.07) is 14.5. The van der Waals surface area contributed by atoms with E-state index in [1.807, 2.05) is 35.2 Å². The third-order valence-electron chi connectivity index (χ3n) is 4.11. The third kappa shape index (κ3) is 10.3. The molecule has 0 aliphatic carbocycles. The molecule has 33 heavy (non-hydrogen) atoms. The minimum atomic E-state index is -5.08. The topological polar surface area (TPSA) is 124 Å². The largest absolute Gasteiger partial charge is 0.490 e. The van der Waals surface area contributed by atoms with Crippen LogP contribution in [-0.4, -0.2) is 49.5 Å². The Morgan fingerprint density at radius 2 is 1.64 bits per heavy atom. The van der Waals surface area contributed by atoms with E-state index in [1.165, 1.54) is 6.07 Å². The van der Waals surface area contributed by atoms with Gasteiger partial charge in [0.05, 0.1) is 17.5 Å². The second kappa shape index (κ2) is 12.1. The minimum absolute atomic E-state index is 0.0747. The van der Waals surface area contributed by atoms with Crippen LogP contribution in [0.4, 0.5) is 24.5 Å². The Morgan fingerprint density at radius 1 is 1.06 bits per heavy atom. The van der Waals surface area contributed by atoms with Gasteiger partial charge in [0.1, 0.15) is 0 Å². The van der Waals surface area contributed by atoms with Crippen molar-refractivity contribution in [3.8, 4) is 0 Å². The normalized spacial score (nSPS) is 11.2. The van der Waals surface area contributed by atoms with E-state index in [1.54, 1.807) is 12.1 Å². The summed E-state index contributed by atoms with van der Waals surface area (Å²) in [6.07, 6.45) is -2.14. The molecule has 12 heteroatoms. The number of halogens is 3. The molecule has 0 atom stereocenters. The summed E-state index contributed by atoms with van der Waals surface area (Å²) in [5, 5.41) is 16.7. The smallest absolute Gasteiger partial charge is 0.478 e. The second-order valence-corrected chi connectivity index (χ2v) is 8.72. The van der Waals surface area contributed by atoms with Gasteiger partial charge in [-0.05, 0) is 30.2 Å². The zero-order chi connectivity index (χ0) is 25.2. The monoisotopic (exact) mass is 490 g/mol. The molecule has 0 amide bonds. The maximum Gasteiger partial charge on any atom is 0.490 e. The first-order valence-corrected chi connectivity index (χ1v) is 11.6. The van der Waals surface area contributed by atoms with Crippen LogP contribution in [0.3, 0.4) is 0 Å². The number of hydrogen-bond acceptors (Lipinski definition) is 5. The summed E-state index contributed by atoms with van der Waals surface area (Å²) in [6.45, 7) is 3.38. The van der Waals surface area contributed by atoms with Crippen LogP contribution >= 0.6 is 0 Å². The Kier molecular flexibility index (Phi) is 10.2. The molecule has 0 saturated heterocycles. The molecule has 0 heterocycles. The molecular weight excluding hydrogens is 465 g/mol. The lowest BCUT2D eigenvalue weighted by atomic mass is 10.1. The van der Waals surface area contributed by atoms with E-state index in [2.05, 4.69) is 11.6 Å². The van der Waals surface area contributed by atoms with Gasteiger partial charge in [-0.25, -0.2) is 18.0 Å². The molecule has 0 unspecified atom stereocenters. The van der Waals surface area contributed by atoms with Crippen molar-refractivity contribution >= 4 is 33.3 Å². The molecule has 0 aliphatic rings. The van der Waals surface area contributed by atoms with Gasteiger partial charge in [0.25, 0.3) is 0 Å². The highest BCUT2D eigenvalue weighted by atomic mass is 32.2. The number of carboxylic acids is 2. The Hall–Kier alpha value is -3.28. The van der Waals surface area contributed by atoms with E-state index in [4.69, 9.17) is 9.90 Å². The first-order valence-electron chi connectivity index (χ1n) is 9.68. The molecule has 0 radical (unpaired) electrons. The van der Waals surface area contributed by atoms with Gasteiger partial charge in [-0.15, -0.1) is 0 Å². The summed E-state index contributed by atoms with van der Waals surface area (Å²) in [5.74, 6) is -3.85. The molecule has 0 bridgehead atoms. The number of carboxylic acid groups (broad SMARTS) is 2. The molecule has 3 N–H and O–H groups in total. The number of unbranched alkanes of at least 4 members (excludes halogenated alkanes) is 1. The molecule has 2 rings (SSSR count). The van der Waals surface area contributed by atoms with Gasteiger partial charge in [0.2, 0.25) is 10.0 Å². The van der Waals surface area contributed by atoms with Gasteiger partial charge in [-0.2, -0.15) is 13.2 Å². The van der Waals surface area contributed by atoms with Crippen molar-refractivity contribution in [2.24, 2.45) is 0 Å². The third-order valence-corrected chi connectivity index (χ3v) is 4.72. The Labute approximate surface area is 189 Å². The number of alkyl halides is 3. The molecule has 0 saturated carbocycles. The molecule has 2 aromatic rings. The van der Waals surface area contributed by atoms with Crippen LogP contribution in [0.25, 0.3) is 0 Å². The highest BCUT2D eigenvalue weighted by molar-refractivity contribution is 7.92. The van der Waals surface area contributed by atoms with Crippen LogP contribution in [0.2, 0.25) is 0 Å². The number of aromatic carboxylic acids is 1. The summed E-state index contributed by atoms with van der Waals surface area (Å²) in [7, 11) is -3.47. The van der Waals surface area contributed by atoms with Crippen LogP contribution in [0, 0.1) is 0 Å². The lowest BCUT2D eigenvalue weighted by Crippen LogP contribution is -2.26. The van der Waals surface area contributed by atoms with Crippen molar-refractivity contribution in [1.29, 1.82) is 0 Å². The molecule has 0 aliphatic heterocycles. The number of rotatable bonds is 9. The first-order chi connectivity index (χ1) is 15.2. The van der Waals surface area contributed by atoms with Gasteiger partial charge in [-0.3, -0.25) is 4.72 Å². The van der Waals surface area contributed by atoms with E-state index in [0.29, 0.717) is 18.8 Å². The zero-order valence-electron chi connectivity index (χ0n) is 18.0. The summed E-state index contributed by atoms with van der Waals surface area (Å²) in [4.78, 5) is 22.7. The highest BCUT2D eigenvalue weighted by Crippen LogP contribution is 2.27. The number of carbonyl (C=O) groups is 2. The second-order valence-electron chi connectivity index (χ2n) is 6.97. The van der Waals surface area contributed by atoms with Crippen molar-refractivity contribution in [2.75, 3.05) is 22.4 Å². The average molecular weight is 491 g/mol. The fourth-order valence-corrected chi connectivity index (χ4v) is 3.25. The zero-order valence-corrected chi connectivity index (χ0v) is 18.8. The standard InChI is InChI=1S/C19H24N2O4S.C2HF3O2/c1-3-4-12-21(14-15-8-6-5-7-9-15)18-11-10-16(20-26(2,24)25)13-17(18)19(22)23;3-2(4,5)1(6)7/h5-11,13,20H,3-4,12,14H2,1-2H3,(H,22,23);(H,6,7). The number of nitrogens with zero attached hydrogens (tertiary/aromatic N) is 1. The molecule has 8 nitrogen and oxygen atoms in total. The highest BCUT2D eigenvalue weighted by Gasteiger charge is 2.38. The molecule has 0 aromatic heterocycles. The number of aliphatic carboxylic acids is 1. The van der Waals surface area contributed by atoms with E-state index >= 15 is 0 Å². The van der Waals surface area contributed by atoms with Crippen LogP contribution in [0.1, 0.15) is 35.7 Å². The minimum Gasteiger partial charge on any atom is -0.478 e. The van der Waals surface area contributed by atoms with E-state index in [-0.39, 0.29) is 11.3 Å². The van der Waals surface area contributed by atoms with E-state index in [0.717, 1.165) is 24.7 Å². The molecule has 182 valence electrons. The number of benzene rings is 2. The van der Waals surface area contributed by atoms with Crippen LogP contribution in [0.15, 0.2) is 48.5 Å². The quantitative estimate of drug-likeness (QED) is 0.481. The van der Waals surface area contributed by atoms with Crippen molar-refractivity contribution in [1.82, 2.24) is 0 Å². The van der Waals surface area contributed by atoms with Gasteiger partial charge in [0, 0.05) is 18.8 Å². The molecule has 2 aromatic carbocycles. The van der Waals surface area contributed by atoms with Crippen LogP contribution in [0.5, 0.6) is 0 Å². The SMILES string of the molecule is CCCCN(Cc1ccccc1)c1ccc(NS(C)(=O)=O)cc1C(=O)O.O=C(O)C(F)(F)F. The number of nitrogens with one attached hydrogen (secondary N) is 1. The van der Waals surface area contributed by atoms with E-state index < -0.39 is 28.1 Å². The Morgan fingerprint density at radius 3 is 2.09 bits per heavy atom. The van der Waals surface area contributed by atoms with Crippen molar-refractivity contribution in [3.63, 3.8) is 0 Å². The molecule has 0 spiro atoms. The van der Waals surface area contributed by atoms with Gasteiger partial charge in [0.15, 0.2) is 0 Å². The van der Waals surface area contributed by atoms with Crippen molar-refractivity contribution < 1.29 is 41.4 Å². The van der Waals surface area contributed by atoms with Crippen molar-refractivity contribution in [3.05, 3.63) is 59.7 Å². The molecule has 0 fully saturated rings. The van der Waals surface area contributed by atoms with Crippen LogP contribution < -0.4 is 9.62 Å². The Balaban J connectivity index is 0.000000675. The lowest BCUT2D eigenvalue weighted by Gasteiger charge is -2.27. The number of sulfonamides is 1. The average Bonchev–Trinajstić information content (AvgIpc) is 2.70. The van der Waals surface area contributed by atoms with Gasteiger partial charge < -0.3 is 15.1 Å². The lowest BCUT2D eigenvalue weighted by molar-refractivity contribution is -0.192. The van der Waals surface area contributed by atoms with Crippen molar-refractivity contribution in [2.45, 2.75) is 32.5 Å². The number of anilines is 2. The summed E-state index contributed by atoms with van der Waals surface area (Å²) < 4.78 is 56.9. The fraction of sp³-hybridized carbons (Fsp3) is 0.333. The number of hydrogen-bond donors (Lipinski definition) is 3. The van der Waals surface area contributed by atoms with Crippen LogP contribution in [-0.2, 0) is 21.4 Å². The molecular formula is C21H25F3N2O6S. The first kappa shape index (κ1) is 27.8. The van der Waals surface area contributed by atoms with Gasteiger partial charge in [-0.1, -0.05) is 43.7 Å². The predicted octanol–water partition coefficient (Wildman–Crippen LogP) is 4.20.